The van der Waals surface area contributed by atoms with Crippen LogP contribution in [0.4, 0.5) is 22.7 Å². The fourth-order valence-electron chi connectivity index (χ4n) is 7.79. The molecule has 1 fully saturated rings. The van der Waals surface area contributed by atoms with E-state index in [2.05, 4.69) is 177 Å². The van der Waals surface area contributed by atoms with Crippen molar-refractivity contribution in [3.63, 3.8) is 0 Å². The third-order valence-corrected chi connectivity index (χ3v) is 10.6. The Labute approximate surface area is 287 Å². The highest BCUT2D eigenvalue weighted by Gasteiger charge is 2.36. The molecule has 0 heterocycles. The zero-order valence-corrected chi connectivity index (χ0v) is 28.9. The summed E-state index contributed by atoms with van der Waals surface area (Å²) in [6, 6.07) is 45.8. The standard InChI is InChI=1S/C46H48N2/c1-33-8-21-40(22-9-33)47-45-29-14-36(4)32-44(45)37-15-17-38(18-16-37)46(30-6-5-7-31-46)39-19-27-43(28-20-39)48(41-23-10-34(2)11-24-41)42-25-12-35(3)13-26-42/h8-29,32,44-45,47H,5-7,30-31H2,1-4H3. The van der Waals surface area contributed by atoms with Crippen molar-refractivity contribution in [2.45, 2.75) is 77.2 Å². The maximum atomic E-state index is 3.80. The normalized spacial score (nSPS) is 18.6. The summed E-state index contributed by atoms with van der Waals surface area (Å²) in [5.74, 6) is 0.279. The predicted octanol–water partition coefficient (Wildman–Crippen LogP) is 12.4. The van der Waals surface area contributed by atoms with Gasteiger partial charge in [-0.05, 0) is 106 Å². The lowest BCUT2D eigenvalue weighted by molar-refractivity contribution is 0.346. The molecular weight excluding hydrogens is 581 g/mol. The van der Waals surface area contributed by atoms with E-state index in [1.54, 1.807) is 0 Å². The molecular formula is C46H48N2. The van der Waals surface area contributed by atoms with E-state index in [0.717, 1.165) is 5.69 Å². The highest BCUT2D eigenvalue weighted by Crippen LogP contribution is 2.46. The first-order chi connectivity index (χ1) is 23.4. The average molecular weight is 629 g/mol. The number of anilines is 4. The SMILES string of the molecule is CC1=CC(c2ccc(C3(c4ccc(N(c5ccc(C)cc5)c5ccc(C)cc5)cc4)CCCCC3)cc2)C(Nc2ccc(C)cc2)C=C1. The van der Waals surface area contributed by atoms with Gasteiger partial charge in [0.15, 0.2) is 0 Å². The monoisotopic (exact) mass is 628 g/mol. The number of benzene rings is 5. The molecule has 2 atom stereocenters. The lowest BCUT2D eigenvalue weighted by Crippen LogP contribution is -2.31. The minimum atomic E-state index is 0.0334. The van der Waals surface area contributed by atoms with Gasteiger partial charge in [0.05, 0.1) is 6.04 Å². The molecule has 5 aromatic carbocycles. The highest BCUT2D eigenvalue weighted by atomic mass is 15.1. The van der Waals surface area contributed by atoms with Crippen LogP contribution in [0.2, 0.25) is 0 Å². The Bertz CT molecular complexity index is 1830. The molecule has 2 aliphatic carbocycles. The van der Waals surface area contributed by atoms with Crippen LogP contribution in [0.15, 0.2) is 145 Å². The summed E-state index contributed by atoms with van der Waals surface area (Å²) >= 11 is 0. The van der Waals surface area contributed by atoms with Crippen molar-refractivity contribution >= 4 is 22.7 Å². The number of nitrogens with zero attached hydrogens (tertiary/aromatic N) is 1. The molecule has 0 aromatic heterocycles. The van der Waals surface area contributed by atoms with Crippen LogP contribution in [-0.2, 0) is 5.41 Å². The molecule has 1 N–H and O–H groups in total. The van der Waals surface area contributed by atoms with Gasteiger partial charge in [-0.15, -0.1) is 0 Å². The molecule has 2 heteroatoms. The van der Waals surface area contributed by atoms with Crippen molar-refractivity contribution in [3.8, 4) is 0 Å². The second kappa shape index (κ2) is 13.7. The zero-order chi connectivity index (χ0) is 33.1. The molecule has 0 bridgehead atoms. The first-order valence-corrected chi connectivity index (χ1v) is 17.7. The average Bonchev–Trinajstić information content (AvgIpc) is 3.12. The first kappa shape index (κ1) is 31.8. The van der Waals surface area contributed by atoms with Crippen molar-refractivity contribution in [3.05, 3.63) is 179 Å². The van der Waals surface area contributed by atoms with Crippen molar-refractivity contribution < 1.29 is 0 Å². The number of aryl methyl sites for hydroxylation is 3. The van der Waals surface area contributed by atoms with E-state index < -0.39 is 0 Å². The fraction of sp³-hybridized carbons (Fsp3) is 0.261. The molecule has 2 unspecified atom stereocenters. The maximum absolute atomic E-state index is 3.80. The number of hydrogen-bond donors (Lipinski definition) is 1. The molecule has 2 nitrogen and oxygen atoms in total. The number of rotatable bonds is 8. The molecule has 5 aromatic rings. The molecule has 0 aliphatic heterocycles. The van der Waals surface area contributed by atoms with E-state index in [4.69, 9.17) is 0 Å². The molecule has 7 rings (SSSR count). The Balaban J connectivity index is 1.19. The van der Waals surface area contributed by atoms with Crippen LogP contribution >= 0.6 is 0 Å². The molecule has 48 heavy (non-hydrogen) atoms. The Morgan fingerprint density at radius 3 is 1.52 bits per heavy atom. The quantitative estimate of drug-likeness (QED) is 0.184. The molecule has 0 amide bonds. The van der Waals surface area contributed by atoms with Crippen LogP contribution in [-0.4, -0.2) is 6.04 Å². The predicted molar refractivity (Wildman–Crippen MR) is 205 cm³/mol. The van der Waals surface area contributed by atoms with Gasteiger partial charge < -0.3 is 10.2 Å². The van der Waals surface area contributed by atoms with E-state index in [1.807, 2.05) is 0 Å². The Morgan fingerprint density at radius 1 is 0.542 bits per heavy atom. The highest BCUT2D eigenvalue weighted by molar-refractivity contribution is 5.77. The van der Waals surface area contributed by atoms with Gasteiger partial charge in [-0.2, -0.15) is 0 Å². The topological polar surface area (TPSA) is 15.3 Å². The van der Waals surface area contributed by atoms with Crippen LogP contribution in [0.1, 0.15) is 78.3 Å². The first-order valence-electron chi connectivity index (χ1n) is 17.7. The third-order valence-electron chi connectivity index (χ3n) is 10.6. The molecule has 0 saturated heterocycles. The summed E-state index contributed by atoms with van der Waals surface area (Å²) in [4.78, 5) is 2.38. The minimum absolute atomic E-state index is 0.0334. The van der Waals surface area contributed by atoms with Gasteiger partial charge in [0.1, 0.15) is 0 Å². The maximum Gasteiger partial charge on any atom is 0.0551 e. The largest absolute Gasteiger partial charge is 0.378 e. The van der Waals surface area contributed by atoms with E-state index >= 15 is 0 Å². The van der Waals surface area contributed by atoms with E-state index in [1.165, 1.54) is 88.1 Å². The van der Waals surface area contributed by atoms with Gasteiger partial charge >= 0.3 is 0 Å². The number of nitrogens with one attached hydrogen (secondary N) is 1. The van der Waals surface area contributed by atoms with Crippen molar-refractivity contribution in [2.75, 3.05) is 10.2 Å². The van der Waals surface area contributed by atoms with Crippen LogP contribution in [0.5, 0.6) is 0 Å². The Morgan fingerprint density at radius 2 is 1.00 bits per heavy atom. The van der Waals surface area contributed by atoms with E-state index in [9.17, 15) is 0 Å². The van der Waals surface area contributed by atoms with Gasteiger partial charge in [0, 0.05) is 34.1 Å². The summed E-state index contributed by atoms with van der Waals surface area (Å²) in [6.45, 7) is 8.64. The Hall–Kier alpha value is -4.82. The second-order valence-corrected chi connectivity index (χ2v) is 14.1. The van der Waals surface area contributed by atoms with Crippen molar-refractivity contribution in [2.24, 2.45) is 0 Å². The summed E-state index contributed by atoms with van der Waals surface area (Å²) in [5.41, 5.74) is 14.1. The minimum Gasteiger partial charge on any atom is -0.378 e. The van der Waals surface area contributed by atoms with Crippen LogP contribution in [0, 0.1) is 20.8 Å². The summed E-state index contributed by atoms with van der Waals surface area (Å²) in [5, 5.41) is 3.80. The lowest BCUT2D eigenvalue weighted by atomic mass is 9.65. The van der Waals surface area contributed by atoms with Crippen LogP contribution in [0.3, 0.4) is 0 Å². The summed E-state index contributed by atoms with van der Waals surface area (Å²) in [7, 11) is 0. The fourth-order valence-corrected chi connectivity index (χ4v) is 7.79. The van der Waals surface area contributed by atoms with Crippen molar-refractivity contribution in [1.82, 2.24) is 0 Å². The smallest absolute Gasteiger partial charge is 0.0551 e. The molecule has 0 spiro atoms. The lowest BCUT2D eigenvalue weighted by Gasteiger charge is -2.39. The second-order valence-electron chi connectivity index (χ2n) is 14.1. The van der Waals surface area contributed by atoms with E-state index in [0.29, 0.717) is 0 Å². The van der Waals surface area contributed by atoms with Gasteiger partial charge in [-0.3, -0.25) is 0 Å². The van der Waals surface area contributed by atoms with Gasteiger partial charge in [0.2, 0.25) is 0 Å². The van der Waals surface area contributed by atoms with Crippen molar-refractivity contribution in [1.29, 1.82) is 0 Å². The molecule has 2 aliphatic rings. The molecule has 242 valence electrons. The zero-order valence-electron chi connectivity index (χ0n) is 28.9. The number of hydrogen-bond acceptors (Lipinski definition) is 2. The third kappa shape index (κ3) is 6.62. The summed E-state index contributed by atoms with van der Waals surface area (Å²) < 4.78 is 0. The molecule has 0 radical (unpaired) electrons. The van der Waals surface area contributed by atoms with Gasteiger partial charge in [-0.25, -0.2) is 0 Å². The summed E-state index contributed by atoms with van der Waals surface area (Å²) in [6.07, 6.45) is 13.2. The molecule has 1 saturated carbocycles. The van der Waals surface area contributed by atoms with Crippen LogP contribution in [0.25, 0.3) is 0 Å². The number of allylic oxidation sites excluding steroid dienone is 2. The van der Waals surface area contributed by atoms with E-state index in [-0.39, 0.29) is 17.4 Å². The Kier molecular flexibility index (Phi) is 9.08. The van der Waals surface area contributed by atoms with Gasteiger partial charge in [0.25, 0.3) is 0 Å². The van der Waals surface area contributed by atoms with Crippen LogP contribution < -0.4 is 10.2 Å². The van der Waals surface area contributed by atoms with Gasteiger partial charge in [-0.1, -0.05) is 133 Å².